The van der Waals surface area contributed by atoms with Gasteiger partial charge in [0.05, 0.1) is 11.8 Å². The third-order valence-electron chi connectivity index (χ3n) is 3.61. The summed E-state index contributed by atoms with van der Waals surface area (Å²) in [7, 11) is 0. The van der Waals surface area contributed by atoms with E-state index in [0.29, 0.717) is 5.56 Å². The van der Waals surface area contributed by atoms with Crippen molar-refractivity contribution in [1.29, 1.82) is 0 Å². The fraction of sp³-hybridized carbons (Fsp3) is 0.176. The number of pyridine rings is 1. The average Bonchev–Trinajstić information content (AvgIpc) is 3.11. The Kier molecular flexibility index (Phi) is 4.24. The Bertz CT molecular complexity index is 893. The van der Waals surface area contributed by atoms with Gasteiger partial charge in [-0.3, -0.25) is 14.3 Å². The van der Waals surface area contributed by atoms with Crippen molar-refractivity contribution in [3.05, 3.63) is 64.9 Å². The molecule has 3 rings (SSSR count). The summed E-state index contributed by atoms with van der Waals surface area (Å²) in [5, 5.41) is 8.06. The molecule has 0 fully saturated rings. The van der Waals surface area contributed by atoms with Crippen molar-refractivity contribution >= 4 is 12.1 Å². The van der Waals surface area contributed by atoms with Gasteiger partial charge in [0.15, 0.2) is 5.82 Å². The number of carbonyl (C=O) groups excluding carboxylic acids is 1. The van der Waals surface area contributed by atoms with Gasteiger partial charge in [0, 0.05) is 35.4 Å². The van der Waals surface area contributed by atoms with Crippen LogP contribution in [0, 0.1) is 20.8 Å². The minimum absolute atomic E-state index is 0.305. The monoisotopic (exact) mass is 323 g/mol. The molecule has 0 atom stereocenters. The Hall–Kier alpha value is -3.22. The van der Waals surface area contributed by atoms with Gasteiger partial charge in [-0.05, 0) is 39.0 Å². The molecule has 1 N–H and O–H groups in total. The molecule has 0 aliphatic carbocycles. The second kappa shape index (κ2) is 6.49. The Balaban J connectivity index is 1.77. The van der Waals surface area contributed by atoms with Crippen LogP contribution in [-0.4, -0.2) is 26.8 Å². The highest BCUT2D eigenvalue weighted by atomic mass is 16.5. The van der Waals surface area contributed by atoms with E-state index in [1.807, 2.05) is 37.5 Å². The predicted molar refractivity (Wildman–Crippen MR) is 89.3 cm³/mol. The van der Waals surface area contributed by atoms with Gasteiger partial charge in [0.1, 0.15) is 5.76 Å². The smallest absolute Gasteiger partial charge is 0.272 e. The number of carbonyl (C=O) groups is 1. The van der Waals surface area contributed by atoms with E-state index in [9.17, 15) is 4.79 Å². The molecule has 0 aromatic carbocycles. The van der Waals surface area contributed by atoms with E-state index >= 15 is 0 Å². The van der Waals surface area contributed by atoms with E-state index in [1.165, 1.54) is 6.20 Å². The number of aromatic nitrogens is 3. The number of rotatable bonds is 4. The third-order valence-corrected chi connectivity index (χ3v) is 3.61. The highest BCUT2D eigenvalue weighted by molar-refractivity contribution is 5.94. The molecule has 7 nitrogen and oxygen atoms in total. The van der Waals surface area contributed by atoms with Crippen LogP contribution in [0.15, 0.2) is 46.3 Å². The fourth-order valence-electron chi connectivity index (χ4n) is 2.45. The van der Waals surface area contributed by atoms with Crippen LogP contribution in [0.25, 0.3) is 5.82 Å². The molecule has 0 bridgehead atoms. The molecule has 3 aromatic rings. The van der Waals surface area contributed by atoms with Crippen LogP contribution in [-0.2, 0) is 0 Å². The summed E-state index contributed by atoms with van der Waals surface area (Å²) in [4.78, 5) is 15.8. The highest BCUT2D eigenvalue weighted by Crippen LogP contribution is 2.19. The van der Waals surface area contributed by atoms with Crippen molar-refractivity contribution in [2.45, 2.75) is 20.8 Å². The summed E-state index contributed by atoms with van der Waals surface area (Å²) in [6.07, 6.45) is 4.71. The Morgan fingerprint density at radius 2 is 2.17 bits per heavy atom. The highest BCUT2D eigenvalue weighted by Gasteiger charge is 2.12. The van der Waals surface area contributed by atoms with Crippen molar-refractivity contribution in [1.82, 2.24) is 20.1 Å². The molecule has 7 heteroatoms. The van der Waals surface area contributed by atoms with Gasteiger partial charge in [-0.2, -0.15) is 5.10 Å². The molecular weight excluding hydrogens is 306 g/mol. The van der Waals surface area contributed by atoms with Gasteiger partial charge in [-0.15, -0.1) is 0 Å². The van der Waals surface area contributed by atoms with Crippen molar-refractivity contribution in [3.63, 3.8) is 0 Å². The van der Waals surface area contributed by atoms with Crippen LogP contribution in [0.2, 0.25) is 0 Å². The quantitative estimate of drug-likeness (QED) is 0.590. The zero-order chi connectivity index (χ0) is 17.1. The maximum Gasteiger partial charge on any atom is 0.272 e. The number of aryl methyl sites for hydroxylation is 2. The lowest BCUT2D eigenvalue weighted by molar-refractivity contribution is 0.0955. The van der Waals surface area contributed by atoms with E-state index in [2.05, 4.69) is 20.7 Å². The maximum absolute atomic E-state index is 11.9. The molecule has 0 aliphatic rings. The average molecular weight is 323 g/mol. The molecule has 0 spiro atoms. The van der Waals surface area contributed by atoms with Crippen molar-refractivity contribution < 1.29 is 9.32 Å². The molecule has 0 aliphatic heterocycles. The largest absolute Gasteiger partial charge is 0.360 e. The third kappa shape index (κ3) is 3.10. The molecule has 0 unspecified atom stereocenters. The Labute approximate surface area is 139 Å². The number of amides is 1. The van der Waals surface area contributed by atoms with E-state index in [-0.39, 0.29) is 5.91 Å². The first kappa shape index (κ1) is 15.7. The maximum atomic E-state index is 11.9. The van der Waals surface area contributed by atoms with Crippen LogP contribution in [0.3, 0.4) is 0 Å². The predicted octanol–water partition coefficient (Wildman–Crippen LogP) is 2.55. The topological polar surface area (TPSA) is 85.3 Å². The summed E-state index contributed by atoms with van der Waals surface area (Å²) in [6, 6.07) is 7.22. The molecule has 122 valence electrons. The fourth-order valence-corrected chi connectivity index (χ4v) is 2.45. The van der Waals surface area contributed by atoms with E-state index in [0.717, 1.165) is 28.5 Å². The Morgan fingerprint density at radius 3 is 2.83 bits per heavy atom. The molecule has 0 saturated carbocycles. The van der Waals surface area contributed by atoms with Gasteiger partial charge in [-0.25, -0.2) is 5.43 Å². The Morgan fingerprint density at radius 1 is 1.33 bits per heavy atom. The molecule has 3 aromatic heterocycles. The van der Waals surface area contributed by atoms with Gasteiger partial charge in [0.25, 0.3) is 5.91 Å². The summed E-state index contributed by atoms with van der Waals surface area (Å²) >= 11 is 0. The minimum atomic E-state index is -0.305. The van der Waals surface area contributed by atoms with Gasteiger partial charge in [0.2, 0.25) is 0 Å². The van der Waals surface area contributed by atoms with Crippen LogP contribution < -0.4 is 5.43 Å². The summed E-state index contributed by atoms with van der Waals surface area (Å²) in [6.45, 7) is 5.78. The van der Waals surface area contributed by atoms with E-state index < -0.39 is 0 Å². The van der Waals surface area contributed by atoms with Crippen LogP contribution in [0.5, 0.6) is 0 Å². The van der Waals surface area contributed by atoms with Gasteiger partial charge >= 0.3 is 0 Å². The van der Waals surface area contributed by atoms with Crippen LogP contribution in [0.4, 0.5) is 0 Å². The van der Waals surface area contributed by atoms with Crippen molar-refractivity contribution in [2.75, 3.05) is 0 Å². The lowest BCUT2D eigenvalue weighted by atomic mass is 10.2. The number of hydrazone groups is 1. The van der Waals surface area contributed by atoms with E-state index in [1.54, 1.807) is 24.5 Å². The standard InChI is InChI=1S/C17H17N5O2/c1-11-7-15(13(3)22(11)16-8-12(2)24-21-16)10-19-20-17(23)14-5-4-6-18-9-14/h4-10H,1-3H3,(H,20,23)/b19-10-. The first-order valence-corrected chi connectivity index (χ1v) is 7.42. The SMILES string of the molecule is Cc1cc(-n2c(C)cc(/C=N\NC(=O)c3cccnc3)c2C)no1. The lowest BCUT2D eigenvalue weighted by Crippen LogP contribution is -2.17. The van der Waals surface area contributed by atoms with Gasteiger partial charge in [-0.1, -0.05) is 5.16 Å². The first-order valence-electron chi connectivity index (χ1n) is 7.42. The molecule has 0 saturated heterocycles. The summed E-state index contributed by atoms with van der Waals surface area (Å²) in [5.74, 6) is 1.17. The first-order chi connectivity index (χ1) is 11.6. The van der Waals surface area contributed by atoms with Crippen LogP contribution in [0.1, 0.15) is 33.1 Å². The zero-order valence-corrected chi connectivity index (χ0v) is 13.6. The van der Waals surface area contributed by atoms with Crippen LogP contribution >= 0.6 is 0 Å². The molecule has 24 heavy (non-hydrogen) atoms. The van der Waals surface area contributed by atoms with E-state index in [4.69, 9.17) is 4.52 Å². The second-order valence-electron chi connectivity index (χ2n) is 5.40. The van der Waals surface area contributed by atoms with Crippen molar-refractivity contribution in [2.24, 2.45) is 5.10 Å². The summed E-state index contributed by atoms with van der Waals surface area (Å²) < 4.78 is 7.11. The number of nitrogens with zero attached hydrogens (tertiary/aromatic N) is 4. The van der Waals surface area contributed by atoms with Crippen molar-refractivity contribution in [3.8, 4) is 5.82 Å². The normalized spacial score (nSPS) is 11.1. The molecular formula is C17H17N5O2. The second-order valence-corrected chi connectivity index (χ2v) is 5.40. The molecule has 0 radical (unpaired) electrons. The number of hydrogen-bond donors (Lipinski definition) is 1. The minimum Gasteiger partial charge on any atom is -0.360 e. The number of hydrogen-bond acceptors (Lipinski definition) is 5. The van der Waals surface area contributed by atoms with Gasteiger partial charge < -0.3 is 4.52 Å². The number of nitrogens with one attached hydrogen (secondary N) is 1. The zero-order valence-electron chi connectivity index (χ0n) is 13.6. The lowest BCUT2D eigenvalue weighted by Gasteiger charge is -2.03. The molecule has 1 amide bonds. The molecule has 3 heterocycles. The summed E-state index contributed by atoms with van der Waals surface area (Å²) in [5.41, 5.74) is 5.80.